The average Bonchev–Trinajstić information content (AvgIpc) is 3.10. The number of fused-ring (bicyclic) bond motifs is 1. The number of amides is 1. The van der Waals surface area contributed by atoms with Gasteiger partial charge in [0.05, 0.1) is 16.3 Å². The van der Waals surface area contributed by atoms with E-state index >= 15 is 0 Å². The zero-order valence-corrected chi connectivity index (χ0v) is 17.8. The van der Waals surface area contributed by atoms with Gasteiger partial charge in [0, 0.05) is 24.0 Å². The third kappa shape index (κ3) is 4.36. The molecule has 27 heavy (non-hydrogen) atoms. The zero-order chi connectivity index (χ0) is 19.8. The predicted octanol–water partition coefficient (Wildman–Crippen LogP) is 4.96. The fourth-order valence-electron chi connectivity index (χ4n) is 3.54. The standard InChI is InChI=1S/C20H25ClN4OS/c1-12-16(21)11-25(24-12)8-7-18(26)23-19-15(10-22)14-6-5-13(20(2,3)4)9-17(14)27-19/h11,13H,5-9H2,1-4H3,(H,23,26)/t13-/m1/s1. The maximum atomic E-state index is 12.4. The van der Waals surface area contributed by atoms with Gasteiger partial charge in [0.25, 0.3) is 0 Å². The number of halogens is 1. The minimum atomic E-state index is -0.109. The fraction of sp³-hybridized carbons (Fsp3) is 0.550. The molecule has 0 saturated heterocycles. The van der Waals surface area contributed by atoms with E-state index in [0.717, 1.165) is 30.5 Å². The summed E-state index contributed by atoms with van der Waals surface area (Å²) in [6.07, 6.45) is 5.00. The first-order chi connectivity index (χ1) is 12.7. The van der Waals surface area contributed by atoms with Crippen LogP contribution in [0.3, 0.4) is 0 Å². The smallest absolute Gasteiger partial charge is 0.226 e. The zero-order valence-electron chi connectivity index (χ0n) is 16.2. The molecule has 0 aromatic carbocycles. The maximum Gasteiger partial charge on any atom is 0.226 e. The Morgan fingerprint density at radius 3 is 2.85 bits per heavy atom. The van der Waals surface area contributed by atoms with Gasteiger partial charge in [0.2, 0.25) is 5.91 Å². The molecule has 1 atom stereocenters. The highest BCUT2D eigenvalue weighted by Crippen LogP contribution is 2.44. The SMILES string of the molecule is Cc1nn(CCC(=O)Nc2sc3c(c2C#N)CC[C@@H](C(C)(C)C)C3)cc1Cl. The number of nitrogens with zero attached hydrogens (tertiary/aromatic N) is 3. The molecule has 0 unspecified atom stereocenters. The van der Waals surface area contributed by atoms with Crippen molar-refractivity contribution in [2.24, 2.45) is 11.3 Å². The molecule has 0 bridgehead atoms. The van der Waals surface area contributed by atoms with Gasteiger partial charge in [0.1, 0.15) is 11.1 Å². The van der Waals surface area contributed by atoms with Gasteiger partial charge in [-0.2, -0.15) is 10.4 Å². The monoisotopic (exact) mass is 404 g/mol. The van der Waals surface area contributed by atoms with E-state index in [1.807, 2.05) is 6.92 Å². The summed E-state index contributed by atoms with van der Waals surface area (Å²) >= 11 is 7.56. The summed E-state index contributed by atoms with van der Waals surface area (Å²) in [6.45, 7) is 9.10. The molecule has 0 radical (unpaired) electrons. The average molecular weight is 405 g/mol. The van der Waals surface area contributed by atoms with Crippen molar-refractivity contribution in [1.29, 1.82) is 5.26 Å². The van der Waals surface area contributed by atoms with Gasteiger partial charge in [-0.1, -0.05) is 32.4 Å². The van der Waals surface area contributed by atoms with Crippen molar-refractivity contribution in [3.8, 4) is 6.07 Å². The molecular formula is C20H25ClN4OS. The summed E-state index contributed by atoms with van der Waals surface area (Å²) in [5.41, 5.74) is 2.78. The second-order valence-electron chi connectivity index (χ2n) is 8.25. The molecule has 2 heterocycles. The van der Waals surface area contributed by atoms with Crippen LogP contribution in [-0.2, 0) is 24.2 Å². The van der Waals surface area contributed by atoms with Crippen molar-refractivity contribution < 1.29 is 4.79 Å². The lowest BCUT2D eigenvalue weighted by Gasteiger charge is -2.33. The topological polar surface area (TPSA) is 70.7 Å². The van der Waals surface area contributed by atoms with Crippen molar-refractivity contribution in [3.63, 3.8) is 0 Å². The third-order valence-corrected chi connectivity index (χ3v) is 6.85. The van der Waals surface area contributed by atoms with Gasteiger partial charge in [-0.3, -0.25) is 9.48 Å². The summed E-state index contributed by atoms with van der Waals surface area (Å²) in [6, 6.07) is 2.31. The van der Waals surface area contributed by atoms with Gasteiger partial charge < -0.3 is 5.32 Å². The van der Waals surface area contributed by atoms with Crippen molar-refractivity contribution in [1.82, 2.24) is 9.78 Å². The summed E-state index contributed by atoms with van der Waals surface area (Å²) < 4.78 is 1.68. The summed E-state index contributed by atoms with van der Waals surface area (Å²) in [4.78, 5) is 13.6. The summed E-state index contributed by atoms with van der Waals surface area (Å²) in [5, 5.41) is 18.1. The molecule has 0 saturated carbocycles. The summed E-state index contributed by atoms with van der Waals surface area (Å²) in [7, 11) is 0. The van der Waals surface area contributed by atoms with Crippen LogP contribution in [0.5, 0.6) is 0 Å². The highest BCUT2D eigenvalue weighted by molar-refractivity contribution is 7.16. The van der Waals surface area contributed by atoms with Gasteiger partial charge in [-0.25, -0.2) is 0 Å². The number of anilines is 1. The molecule has 7 heteroatoms. The normalized spacial score (nSPS) is 16.7. The molecule has 144 valence electrons. The summed E-state index contributed by atoms with van der Waals surface area (Å²) in [5.74, 6) is 0.494. The van der Waals surface area contributed by atoms with Crippen molar-refractivity contribution in [2.45, 2.75) is 59.9 Å². The minimum absolute atomic E-state index is 0.109. The molecule has 0 aliphatic heterocycles. The van der Waals surface area contributed by atoms with Gasteiger partial charge in [-0.15, -0.1) is 11.3 Å². The van der Waals surface area contributed by atoms with E-state index < -0.39 is 0 Å². The van der Waals surface area contributed by atoms with E-state index in [4.69, 9.17) is 11.6 Å². The molecule has 3 rings (SSSR count). The van der Waals surface area contributed by atoms with Gasteiger partial charge in [0.15, 0.2) is 0 Å². The number of carbonyl (C=O) groups excluding carboxylic acids is 1. The molecule has 1 N–H and O–H groups in total. The van der Waals surface area contributed by atoms with Crippen LogP contribution in [0.2, 0.25) is 5.02 Å². The predicted molar refractivity (Wildman–Crippen MR) is 109 cm³/mol. The lowest BCUT2D eigenvalue weighted by atomic mass is 9.72. The van der Waals surface area contributed by atoms with Crippen LogP contribution in [0.25, 0.3) is 0 Å². The Morgan fingerprint density at radius 1 is 1.52 bits per heavy atom. The molecule has 2 aromatic rings. The highest BCUT2D eigenvalue weighted by Gasteiger charge is 2.32. The molecular weight excluding hydrogens is 380 g/mol. The minimum Gasteiger partial charge on any atom is -0.317 e. The third-order valence-electron chi connectivity index (χ3n) is 5.31. The van der Waals surface area contributed by atoms with E-state index in [1.165, 1.54) is 4.88 Å². The molecule has 5 nitrogen and oxygen atoms in total. The number of hydrogen-bond acceptors (Lipinski definition) is 4. The highest BCUT2D eigenvalue weighted by atomic mass is 35.5. The van der Waals surface area contributed by atoms with Crippen LogP contribution >= 0.6 is 22.9 Å². The number of aryl methyl sites for hydroxylation is 2. The number of nitrogens with one attached hydrogen (secondary N) is 1. The molecule has 2 aromatic heterocycles. The Morgan fingerprint density at radius 2 is 2.26 bits per heavy atom. The Kier molecular flexibility index (Phi) is 5.64. The van der Waals surface area contributed by atoms with E-state index in [-0.39, 0.29) is 17.7 Å². The van der Waals surface area contributed by atoms with E-state index in [9.17, 15) is 10.1 Å². The van der Waals surface area contributed by atoms with Gasteiger partial charge in [-0.05, 0) is 43.1 Å². The second-order valence-corrected chi connectivity index (χ2v) is 9.76. The molecule has 0 fully saturated rings. The lowest BCUT2D eigenvalue weighted by Crippen LogP contribution is -2.26. The van der Waals surface area contributed by atoms with Crippen LogP contribution in [0.1, 0.15) is 55.3 Å². The van der Waals surface area contributed by atoms with Crippen LogP contribution in [0.15, 0.2) is 6.20 Å². The number of nitriles is 1. The van der Waals surface area contributed by atoms with Crippen LogP contribution in [0, 0.1) is 29.6 Å². The Bertz CT molecular complexity index is 881. The van der Waals surface area contributed by atoms with E-state index in [0.29, 0.717) is 28.0 Å². The van der Waals surface area contributed by atoms with Crippen molar-refractivity contribution >= 4 is 33.8 Å². The van der Waals surface area contributed by atoms with Crippen LogP contribution < -0.4 is 5.32 Å². The maximum absolute atomic E-state index is 12.4. The second kappa shape index (κ2) is 7.65. The Labute approximate surface area is 169 Å². The quantitative estimate of drug-likeness (QED) is 0.782. The van der Waals surface area contributed by atoms with E-state index in [2.05, 4.69) is 37.3 Å². The van der Waals surface area contributed by atoms with Crippen molar-refractivity contribution in [3.05, 3.63) is 32.9 Å². The first-order valence-electron chi connectivity index (χ1n) is 9.23. The fourth-order valence-corrected chi connectivity index (χ4v) is 4.99. The van der Waals surface area contributed by atoms with E-state index in [1.54, 1.807) is 22.2 Å². The molecule has 0 spiro atoms. The number of thiophene rings is 1. The number of rotatable bonds is 4. The molecule has 1 amide bonds. The van der Waals surface area contributed by atoms with Gasteiger partial charge >= 0.3 is 0 Å². The van der Waals surface area contributed by atoms with Crippen LogP contribution in [-0.4, -0.2) is 15.7 Å². The largest absolute Gasteiger partial charge is 0.317 e. The lowest BCUT2D eigenvalue weighted by molar-refractivity contribution is -0.116. The van der Waals surface area contributed by atoms with Crippen LogP contribution in [0.4, 0.5) is 5.00 Å². The number of hydrogen-bond donors (Lipinski definition) is 1. The first kappa shape index (κ1) is 19.9. The molecule has 1 aliphatic rings. The number of aromatic nitrogens is 2. The Balaban J connectivity index is 1.69. The number of carbonyl (C=O) groups is 1. The Hall–Kier alpha value is -1.84. The first-order valence-corrected chi connectivity index (χ1v) is 10.4. The van der Waals surface area contributed by atoms with Crippen molar-refractivity contribution in [2.75, 3.05) is 5.32 Å². The molecule has 1 aliphatic carbocycles.